The van der Waals surface area contributed by atoms with E-state index >= 15 is 0 Å². The third kappa shape index (κ3) is 4.11. The van der Waals surface area contributed by atoms with Gasteiger partial charge in [-0.1, -0.05) is 18.6 Å². The van der Waals surface area contributed by atoms with Crippen molar-refractivity contribution in [3.63, 3.8) is 0 Å². The van der Waals surface area contributed by atoms with Crippen LogP contribution < -0.4 is 9.47 Å². The molecule has 0 spiro atoms. The number of hydrogen-bond acceptors (Lipinski definition) is 4. The van der Waals surface area contributed by atoms with E-state index < -0.39 is 0 Å². The molecule has 3 rings (SSSR count). The Bertz CT molecular complexity index is 446. The number of rotatable bonds is 5. The summed E-state index contributed by atoms with van der Waals surface area (Å²) in [7, 11) is 2.17. The van der Waals surface area contributed by atoms with Gasteiger partial charge < -0.3 is 19.3 Å². The molecule has 0 radical (unpaired) electrons. The number of hydrogen-bond donors (Lipinski definition) is 0. The second kappa shape index (κ2) is 7.14. The minimum Gasteiger partial charge on any atom is -0.486 e. The minimum atomic E-state index is 0.131. The van der Waals surface area contributed by atoms with Crippen LogP contribution in [0.1, 0.15) is 19.3 Å². The Labute approximate surface area is 127 Å². The first-order valence-corrected chi connectivity index (χ1v) is 8.10. The number of likely N-dealkylation sites (tertiary alicyclic amines) is 1. The molecule has 2 heterocycles. The lowest BCUT2D eigenvalue weighted by atomic mass is 10.1. The summed E-state index contributed by atoms with van der Waals surface area (Å²) in [6.07, 6.45) is 4.25. The van der Waals surface area contributed by atoms with E-state index in [0.717, 1.165) is 24.6 Å². The molecule has 1 fully saturated rings. The molecule has 21 heavy (non-hydrogen) atoms. The summed E-state index contributed by atoms with van der Waals surface area (Å²) in [5, 5.41) is 0. The number of ether oxygens (including phenoxy) is 2. The van der Waals surface area contributed by atoms with Crippen molar-refractivity contribution in [2.24, 2.45) is 0 Å². The van der Waals surface area contributed by atoms with E-state index in [1.807, 2.05) is 24.3 Å². The fourth-order valence-corrected chi connectivity index (χ4v) is 3.09. The topological polar surface area (TPSA) is 24.9 Å². The molecule has 0 saturated carbocycles. The van der Waals surface area contributed by atoms with Crippen molar-refractivity contribution in [3.8, 4) is 11.5 Å². The predicted molar refractivity (Wildman–Crippen MR) is 84.1 cm³/mol. The fourth-order valence-electron chi connectivity index (χ4n) is 3.09. The molecule has 1 aromatic rings. The molecule has 116 valence electrons. The Hall–Kier alpha value is -1.26. The first kappa shape index (κ1) is 14.7. The number of piperidine rings is 1. The van der Waals surface area contributed by atoms with Gasteiger partial charge in [-0.25, -0.2) is 0 Å². The van der Waals surface area contributed by atoms with E-state index in [2.05, 4.69) is 16.8 Å². The van der Waals surface area contributed by atoms with Crippen molar-refractivity contribution in [2.75, 3.05) is 46.4 Å². The largest absolute Gasteiger partial charge is 0.486 e. The highest BCUT2D eigenvalue weighted by Gasteiger charge is 2.22. The normalized spacial score (nSPS) is 22.5. The van der Waals surface area contributed by atoms with Gasteiger partial charge in [0.2, 0.25) is 0 Å². The van der Waals surface area contributed by atoms with Crippen LogP contribution in [0.15, 0.2) is 24.3 Å². The number of benzene rings is 1. The maximum atomic E-state index is 6.01. The maximum absolute atomic E-state index is 6.01. The quantitative estimate of drug-likeness (QED) is 0.830. The van der Waals surface area contributed by atoms with E-state index in [-0.39, 0.29) is 6.10 Å². The number of likely N-dealkylation sites (N-methyl/N-ethyl adjacent to an activating group) is 1. The molecular weight excluding hydrogens is 264 g/mol. The Morgan fingerprint density at radius 1 is 1.14 bits per heavy atom. The molecule has 4 heteroatoms. The van der Waals surface area contributed by atoms with Crippen molar-refractivity contribution in [2.45, 2.75) is 25.4 Å². The van der Waals surface area contributed by atoms with Crippen LogP contribution in [0.5, 0.6) is 11.5 Å². The van der Waals surface area contributed by atoms with Gasteiger partial charge in [-0.15, -0.1) is 0 Å². The Morgan fingerprint density at radius 3 is 2.71 bits per heavy atom. The summed E-state index contributed by atoms with van der Waals surface area (Å²) in [4.78, 5) is 4.93. The highest BCUT2D eigenvalue weighted by molar-refractivity contribution is 5.40. The third-order valence-electron chi connectivity index (χ3n) is 4.33. The van der Waals surface area contributed by atoms with Crippen LogP contribution in [0.3, 0.4) is 0 Å². The van der Waals surface area contributed by atoms with Crippen molar-refractivity contribution < 1.29 is 9.47 Å². The van der Waals surface area contributed by atoms with Crippen LogP contribution in [-0.4, -0.2) is 62.3 Å². The van der Waals surface area contributed by atoms with Crippen LogP contribution in [0.2, 0.25) is 0 Å². The monoisotopic (exact) mass is 290 g/mol. The average molecular weight is 290 g/mol. The van der Waals surface area contributed by atoms with Gasteiger partial charge in [0.15, 0.2) is 11.5 Å². The van der Waals surface area contributed by atoms with E-state index in [1.54, 1.807) is 0 Å². The summed E-state index contributed by atoms with van der Waals surface area (Å²) in [5.41, 5.74) is 0. The summed E-state index contributed by atoms with van der Waals surface area (Å²) < 4.78 is 11.8. The summed E-state index contributed by atoms with van der Waals surface area (Å²) in [6, 6.07) is 7.92. The molecule has 1 aromatic carbocycles. The molecular formula is C17H26N2O2. The first-order chi connectivity index (χ1) is 10.3. The molecule has 0 bridgehead atoms. The van der Waals surface area contributed by atoms with Gasteiger partial charge in [0.1, 0.15) is 12.7 Å². The minimum absolute atomic E-state index is 0.131. The van der Waals surface area contributed by atoms with Crippen LogP contribution in [0.25, 0.3) is 0 Å². The van der Waals surface area contributed by atoms with Crippen molar-refractivity contribution in [3.05, 3.63) is 24.3 Å². The summed E-state index contributed by atoms with van der Waals surface area (Å²) in [6.45, 7) is 6.37. The van der Waals surface area contributed by atoms with Gasteiger partial charge in [0.25, 0.3) is 0 Å². The molecule has 0 N–H and O–H groups in total. The molecule has 2 aliphatic rings. The smallest absolute Gasteiger partial charge is 0.161 e. The Balaban J connectivity index is 1.42. The molecule has 0 aromatic heterocycles. The standard InChI is InChI=1S/C17H26N2O2/c1-18(11-12-19-9-5-2-6-10-19)13-15-14-20-16-7-3-4-8-17(16)21-15/h3-4,7-8,15H,2,5-6,9-14H2,1H3. The molecule has 1 saturated heterocycles. The summed E-state index contributed by atoms with van der Waals surface area (Å²) >= 11 is 0. The highest BCUT2D eigenvalue weighted by Crippen LogP contribution is 2.30. The summed E-state index contributed by atoms with van der Waals surface area (Å²) in [5.74, 6) is 1.74. The third-order valence-corrected chi connectivity index (χ3v) is 4.33. The molecule has 1 unspecified atom stereocenters. The molecule has 0 aliphatic carbocycles. The highest BCUT2D eigenvalue weighted by atomic mass is 16.6. The fraction of sp³-hybridized carbons (Fsp3) is 0.647. The lowest BCUT2D eigenvalue weighted by molar-refractivity contribution is 0.0621. The van der Waals surface area contributed by atoms with E-state index in [1.165, 1.54) is 38.9 Å². The zero-order chi connectivity index (χ0) is 14.5. The van der Waals surface area contributed by atoms with E-state index in [4.69, 9.17) is 9.47 Å². The lowest BCUT2D eigenvalue weighted by Gasteiger charge is -2.31. The zero-order valence-electron chi connectivity index (χ0n) is 13.0. The van der Waals surface area contributed by atoms with Crippen LogP contribution >= 0.6 is 0 Å². The number of para-hydroxylation sites is 2. The number of fused-ring (bicyclic) bond motifs is 1. The van der Waals surface area contributed by atoms with Crippen LogP contribution in [-0.2, 0) is 0 Å². The maximum Gasteiger partial charge on any atom is 0.161 e. The SMILES string of the molecule is CN(CCN1CCCCC1)CC1COc2ccccc2O1. The molecule has 4 nitrogen and oxygen atoms in total. The second-order valence-electron chi connectivity index (χ2n) is 6.16. The van der Waals surface area contributed by atoms with Crippen molar-refractivity contribution in [1.29, 1.82) is 0 Å². The molecule has 0 amide bonds. The van der Waals surface area contributed by atoms with Gasteiger partial charge in [-0.2, -0.15) is 0 Å². The van der Waals surface area contributed by atoms with Crippen LogP contribution in [0.4, 0.5) is 0 Å². The van der Waals surface area contributed by atoms with E-state index in [0.29, 0.717) is 6.61 Å². The predicted octanol–water partition coefficient (Wildman–Crippen LogP) is 2.24. The van der Waals surface area contributed by atoms with Crippen molar-refractivity contribution >= 4 is 0 Å². The van der Waals surface area contributed by atoms with Crippen molar-refractivity contribution in [1.82, 2.24) is 9.80 Å². The average Bonchev–Trinajstić information content (AvgIpc) is 2.54. The molecule has 2 aliphatic heterocycles. The Morgan fingerprint density at radius 2 is 1.90 bits per heavy atom. The van der Waals surface area contributed by atoms with E-state index in [9.17, 15) is 0 Å². The Kier molecular flexibility index (Phi) is 4.99. The van der Waals surface area contributed by atoms with Crippen LogP contribution in [0, 0.1) is 0 Å². The first-order valence-electron chi connectivity index (χ1n) is 8.10. The number of nitrogens with zero attached hydrogens (tertiary/aromatic N) is 2. The van der Waals surface area contributed by atoms with Gasteiger partial charge >= 0.3 is 0 Å². The zero-order valence-corrected chi connectivity index (χ0v) is 13.0. The van der Waals surface area contributed by atoms with Gasteiger partial charge in [0.05, 0.1) is 0 Å². The van der Waals surface area contributed by atoms with Gasteiger partial charge in [-0.3, -0.25) is 0 Å². The lowest BCUT2D eigenvalue weighted by Crippen LogP contribution is -2.42. The molecule has 1 atom stereocenters. The van der Waals surface area contributed by atoms with Gasteiger partial charge in [0, 0.05) is 19.6 Å². The second-order valence-corrected chi connectivity index (χ2v) is 6.16. The van der Waals surface area contributed by atoms with Gasteiger partial charge in [-0.05, 0) is 45.1 Å².